The molecule has 3 rings (SSSR count). The van der Waals surface area contributed by atoms with E-state index in [1.807, 2.05) is 12.1 Å². The van der Waals surface area contributed by atoms with Crippen molar-refractivity contribution in [3.63, 3.8) is 0 Å². The van der Waals surface area contributed by atoms with E-state index < -0.39 is 22.0 Å². The molecular weight excluding hydrogens is 454 g/mol. The summed E-state index contributed by atoms with van der Waals surface area (Å²) < 4.78 is 37.2. The summed E-state index contributed by atoms with van der Waals surface area (Å²) in [6.45, 7) is 4.75. The Balaban J connectivity index is 1.85. The van der Waals surface area contributed by atoms with Crippen molar-refractivity contribution < 1.29 is 22.7 Å². The number of nitrogens with one attached hydrogen (secondary N) is 1. The number of hydrogen-bond donors (Lipinski definition) is 1. The Morgan fingerprint density at radius 3 is 2.44 bits per heavy atom. The fraction of sp³-hybridized carbons (Fsp3) is 0.409. The molecule has 0 bridgehead atoms. The minimum Gasteiger partial charge on any atom is -0.495 e. The molecule has 1 fully saturated rings. The number of sulfonamides is 1. The minimum atomic E-state index is -3.82. The molecule has 1 amide bonds. The maximum Gasteiger partial charge on any atom is 0.248 e. The summed E-state index contributed by atoms with van der Waals surface area (Å²) >= 11 is 6.11. The molecule has 1 saturated heterocycles. The highest BCUT2D eigenvalue weighted by Gasteiger charge is 2.33. The highest BCUT2D eigenvalue weighted by Crippen LogP contribution is 2.35. The smallest absolute Gasteiger partial charge is 0.248 e. The lowest BCUT2D eigenvalue weighted by Crippen LogP contribution is -2.47. The molecule has 10 heteroatoms. The Kier molecular flexibility index (Phi) is 7.86. The van der Waals surface area contributed by atoms with E-state index in [-0.39, 0.29) is 12.1 Å². The Labute approximate surface area is 194 Å². The summed E-state index contributed by atoms with van der Waals surface area (Å²) in [4.78, 5) is 15.4. The zero-order valence-electron chi connectivity index (χ0n) is 18.4. The average Bonchev–Trinajstić information content (AvgIpc) is 2.77. The van der Waals surface area contributed by atoms with Crippen LogP contribution < -0.4 is 19.3 Å². The summed E-state index contributed by atoms with van der Waals surface area (Å²) in [5, 5.41) is 3.17. The van der Waals surface area contributed by atoms with Gasteiger partial charge in [0.15, 0.2) is 0 Å². The molecule has 0 aliphatic carbocycles. The number of hydrogen-bond acceptors (Lipinski definition) is 6. The maximum atomic E-state index is 13.2. The number of rotatable bonds is 8. The first-order chi connectivity index (χ1) is 15.2. The molecule has 0 spiro atoms. The number of carbonyl (C=O) groups is 1. The normalized spacial score (nSPS) is 15.2. The van der Waals surface area contributed by atoms with Crippen molar-refractivity contribution in [1.82, 2.24) is 0 Å². The van der Waals surface area contributed by atoms with Gasteiger partial charge in [-0.1, -0.05) is 18.5 Å². The zero-order chi connectivity index (χ0) is 23.3. The number of anilines is 3. The molecule has 2 aromatic rings. The summed E-state index contributed by atoms with van der Waals surface area (Å²) in [5.74, 6) is -0.139. The Morgan fingerprint density at radius 2 is 1.88 bits per heavy atom. The van der Waals surface area contributed by atoms with Crippen LogP contribution in [0.1, 0.15) is 13.3 Å². The SMILES string of the molecule is CC[C@H](C(=O)Nc1ccc(N2CCOCC2)cc1)N(c1cc(Cl)ccc1OC)S(C)(=O)=O. The van der Waals surface area contributed by atoms with Crippen LogP contribution in [0.2, 0.25) is 5.02 Å². The van der Waals surface area contributed by atoms with Gasteiger partial charge < -0.3 is 19.7 Å². The van der Waals surface area contributed by atoms with Crippen LogP contribution in [0.25, 0.3) is 0 Å². The topological polar surface area (TPSA) is 88.2 Å². The molecule has 0 saturated carbocycles. The van der Waals surface area contributed by atoms with Gasteiger partial charge in [0.05, 0.1) is 32.3 Å². The molecule has 1 atom stereocenters. The van der Waals surface area contributed by atoms with Crippen LogP contribution in [-0.2, 0) is 19.6 Å². The van der Waals surface area contributed by atoms with Gasteiger partial charge in [-0.05, 0) is 48.9 Å². The van der Waals surface area contributed by atoms with E-state index in [9.17, 15) is 13.2 Å². The monoisotopic (exact) mass is 481 g/mol. The molecule has 0 aromatic heterocycles. The first kappa shape index (κ1) is 24.2. The van der Waals surface area contributed by atoms with Crippen LogP contribution in [0.5, 0.6) is 5.75 Å². The second kappa shape index (κ2) is 10.4. The van der Waals surface area contributed by atoms with Gasteiger partial charge in [0, 0.05) is 29.5 Å². The summed E-state index contributed by atoms with van der Waals surface area (Å²) in [6.07, 6.45) is 1.31. The van der Waals surface area contributed by atoms with Gasteiger partial charge in [-0.3, -0.25) is 9.10 Å². The van der Waals surface area contributed by atoms with Gasteiger partial charge in [-0.2, -0.15) is 0 Å². The van der Waals surface area contributed by atoms with Crippen molar-refractivity contribution in [3.05, 3.63) is 47.5 Å². The van der Waals surface area contributed by atoms with E-state index in [2.05, 4.69) is 10.2 Å². The fourth-order valence-electron chi connectivity index (χ4n) is 3.67. The summed E-state index contributed by atoms with van der Waals surface area (Å²) in [7, 11) is -2.39. The maximum absolute atomic E-state index is 13.2. The zero-order valence-corrected chi connectivity index (χ0v) is 19.9. The van der Waals surface area contributed by atoms with Gasteiger partial charge in [-0.15, -0.1) is 0 Å². The Bertz CT molecular complexity index is 1040. The van der Waals surface area contributed by atoms with Crippen molar-refractivity contribution >= 4 is 44.6 Å². The minimum absolute atomic E-state index is 0.215. The highest BCUT2D eigenvalue weighted by atomic mass is 35.5. The fourth-order valence-corrected chi connectivity index (χ4v) is 5.05. The standard InChI is InChI=1S/C22H28ClN3O5S/c1-4-19(26(32(3,28)29)20-15-16(23)5-10-21(20)30-2)22(27)24-17-6-8-18(9-7-17)25-11-13-31-14-12-25/h5-10,15,19H,4,11-14H2,1-3H3,(H,24,27)/t19-/m1/s1. The molecule has 1 aliphatic heterocycles. The molecule has 174 valence electrons. The van der Waals surface area contributed by atoms with Crippen molar-refractivity contribution in [2.24, 2.45) is 0 Å². The predicted molar refractivity (Wildman–Crippen MR) is 128 cm³/mol. The highest BCUT2D eigenvalue weighted by molar-refractivity contribution is 7.92. The molecule has 1 heterocycles. The van der Waals surface area contributed by atoms with E-state index in [4.69, 9.17) is 21.1 Å². The van der Waals surface area contributed by atoms with Gasteiger partial charge in [0.2, 0.25) is 15.9 Å². The molecule has 1 aliphatic rings. The number of morpholine rings is 1. The summed E-state index contributed by atoms with van der Waals surface area (Å²) in [6, 6.07) is 11.1. The van der Waals surface area contributed by atoms with Gasteiger partial charge in [-0.25, -0.2) is 8.42 Å². The van der Waals surface area contributed by atoms with E-state index >= 15 is 0 Å². The first-order valence-electron chi connectivity index (χ1n) is 10.3. The quantitative estimate of drug-likeness (QED) is 0.622. The number of methoxy groups -OCH3 is 1. The number of amides is 1. The van der Waals surface area contributed by atoms with E-state index in [1.165, 1.54) is 13.2 Å². The molecule has 2 aromatic carbocycles. The molecule has 1 N–H and O–H groups in total. The van der Waals surface area contributed by atoms with Crippen LogP contribution in [0, 0.1) is 0 Å². The largest absolute Gasteiger partial charge is 0.495 e. The lowest BCUT2D eigenvalue weighted by Gasteiger charge is -2.31. The number of nitrogens with zero attached hydrogens (tertiary/aromatic N) is 2. The van der Waals surface area contributed by atoms with E-state index in [1.54, 1.807) is 31.2 Å². The molecule has 0 radical (unpaired) electrons. The summed E-state index contributed by atoms with van der Waals surface area (Å²) in [5.41, 5.74) is 1.84. The van der Waals surface area contributed by atoms with Crippen LogP contribution in [0.3, 0.4) is 0 Å². The first-order valence-corrected chi connectivity index (χ1v) is 12.5. The third-order valence-electron chi connectivity index (χ3n) is 5.22. The van der Waals surface area contributed by atoms with Crippen LogP contribution >= 0.6 is 11.6 Å². The molecule has 0 unspecified atom stereocenters. The second-order valence-electron chi connectivity index (χ2n) is 7.43. The van der Waals surface area contributed by atoms with Crippen LogP contribution in [-0.4, -0.2) is 60.0 Å². The van der Waals surface area contributed by atoms with Gasteiger partial charge in [0.25, 0.3) is 0 Å². The van der Waals surface area contributed by atoms with Crippen molar-refractivity contribution in [3.8, 4) is 5.75 Å². The molecular formula is C22H28ClN3O5S. The number of carbonyl (C=O) groups excluding carboxylic acids is 1. The lowest BCUT2D eigenvalue weighted by atomic mass is 10.1. The van der Waals surface area contributed by atoms with E-state index in [0.29, 0.717) is 29.7 Å². The molecule has 32 heavy (non-hydrogen) atoms. The van der Waals surface area contributed by atoms with E-state index in [0.717, 1.165) is 29.3 Å². The number of benzene rings is 2. The second-order valence-corrected chi connectivity index (χ2v) is 9.73. The third-order valence-corrected chi connectivity index (χ3v) is 6.62. The van der Waals surface area contributed by atoms with Crippen molar-refractivity contribution in [2.75, 3.05) is 54.2 Å². The average molecular weight is 482 g/mol. The predicted octanol–water partition coefficient (Wildman–Crippen LogP) is 3.37. The Morgan fingerprint density at radius 1 is 1.22 bits per heavy atom. The lowest BCUT2D eigenvalue weighted by molar-refractivity contribution is -0.117. The van der Waals surface area contributed by atoms with Gasteiger partial charge >= 0.3 is 0 Å². The Hall–Kier alpha value is -2.49. The van der Waals surface area contributed by atoms with Crippen LogP contribution in [0.15, 0.2) is 42.5 Å². The van der Waals surface area contributed by atoms with Crippen LogP contribution in [0.4, 0.5) is 17.1 Å². The molecule has 8 nitrogen and oxygen atoms in total. The van der Waals surface area contributed by atoms with Crippen molar-refractivity contribution in [2.45, 2.75) is 19.4 Å². The number of halogens is 1. The van der Waals surface area contributed by atoms with Crippen molar-refractivity contribution in [1.29, 1.82) is 0 Å². The number of ether oxygens (including phenoxy) is 2. The third kappa shape index (κ3) is 5.65. The van der Waals surface area contributed by atoms with Gasteiger partial charge in [0.1, 0.15) is 11.8 Å².